The van der Waals surface area contributed by atoms with E-state index in [1.54, 1.807) is 0 Å². The number of nitrogens with one attached hydrogen (secondary N) is 1. The Balaban J connectivity index is 1.89. The maximum atomic E-state index is 4.61. The van der Waals surface area contributed by atoms with Gasteiger partial charge in [-0.2, -0.15) is 14.7 Å². The summed E-state index contributed by atoms with van der Waals surface area (Å²) in [6.07, 6.45) is 0. The first kappa shape index (κ1) is 15.5. The van der Waals surface area contributed by atoms with Crippen molar-refractivity contribution in [2.75, 3.05) is 5.32 Å². The standard InChI is InChI=1S/C17H24N6/c1-10-8-16(23-17(19-10)14(5)15(6)21-23)18-12(3)9-22-13(4)7-11(2)20-22/h7-8,12,18H,9H2,1-6H3/t12-/m0/s1. The van der Waals surface area contributed by atoms with Gasteiger partial charge in [0, 0.05) is 29.1 Å². The zero-order valence-electron chi connectivity index (χ0n) is 14.7. The highest BCUT2D eigenvalue weighted by Crippen LogP contribution is 2.19. The molecule has 0 aliphatic rings. The first-order valence-electron chi connectivity index (χ1n) is 7.96. The smallest absolute Gasteiger partial charge is 0.160 e. The SMILES string of the molecule is Cc1cc(N[C@@H](C)Cn2nc(C)cc2C)n2nc(C)c(C)c2n1. The molecule has 0 radical (unpaired) electrons. The highest BCUT2D eigenvalue weighted by Gasteiger charge is 2.13. The van der Waals surface area contributed by atoms with Crippen LogP contribution >= 0.6 is 0 Å². The van der Waals surface area contributed by atoms with Crippen LogP contribution in [0.1, 0.15) is 35.3 Å². The van der Waals surface area contributed by atoms with Crippen molar-refractivity contribution in [3.63, 3.8) is 0 Å². The van der Waals surface area contributed by atoms with Crippen molar-refractivity contribution >= 4 is 11.5 Å². The number of aromatic nitrogens is 5. The van der Waals surface area contributed by atoms with Crippen LogP contribution in [0.5, 0.6) is 0 Å². The lowest BCUT2D eigenvalue weighted by Gasteiger charge is -2.17. The van der Waals surface area contributed by atoms with E-state index in [-0.39, 0.29) is 6.04 Å². The molecule has 1 atom stereocenters. The number of rotatable bonds is 4. The van der Waals surface area contributed by atoms with Gasteiger partial charge in [0.25, 0.3) is 0 Å². The molecule has 3 aromatic heterocycles. The Kier molecular flexibility index (Phi) is 3.83. The molecule has 3 rings (SSSR count). The lowest BCUT2D eigenvalue weighted by Crippen LogP contribution is -2.24. The van der Waals surface area contributed by atoms with Gasteiger partial charge >= 0.3 is 0 Å². The summed E-state index contributed by atoms with van der Waals surface area (Å²) in [7, 11) is 0. The summed E-state index contributed by atoms with van der Waals surface area (Å²) < 4.78 is 3.94. The van der Waals surface area contributed by atoms with Crippen molar-refractivity contribution < 1.29 is 0 Å². The minimum atomic E-state index is 0.225. The molecule has 0 saturated heterocycles. The Morgan fingerprint density at radius 2 is 1.78 bits per heavy atom. The molecule has 0 unspecified atom stereocenters. The molecule has 0 aliphatic carbocycles. The van der Waals surface area contributed by atoms with Crippen molar-refractivity contribution in [2.45, 2.75) is 54.1 Å². The van der Waals surface area contributed by atoms with Crippen molar-refractivity contribution in [3.05, 3.63) is 40.5 Å². The van der Waals surface area contributed by atoms with Gasteiger partial charge in [0.2, 0.25) is 0 Å². The average Bonchev–Trinajstić information content (AvgIpc) is 2.91. The van der Waals surface area contributed by atoms with Crippen LogP contribution in [0.15, 0.2) is 12.1 Å². The second-order valence-corrected chi connectivity index (χ2v) is 6.38. The van der Waals surface area contributed by atoms with Gasteiger partial charge in [-0.1, -0.05) is 0 Å². The number of nitrogens with zero attached hydrogens (tertiary/aromatic N) is 5. The topological polar surface area (TPSA) is 60.0 Å². The first-order chi connectivity index (χ1) is 10.8. The summed E-state index contributed by atoms with van der Waals surface area (Å²) in [5, 5.41) is 12.7. The summed E-state index contributed by atoms with van der Waals surface area (Å²) in [6, 6.07) is 4.36. The molecule has 0 aliphatic heterocycles. The van der Waals surface area contributed by atoms with Crippen LogP contribution in [-0.4, -0.2) is 30.4 Å². The number of aryl methyl sites for hydroxylation is 5. The van der Waals surface area contributed by atoms with Crippen LogP contribution in [0.4, 0.5) is 5.82 Å². The summed E-state index contributed by atoms with van der Waals surface area (Å²) in [5.41, 5.74) is 6.28. The maximum absolute atomic E-state index is 4.61. The summed E-state index contributed by atoms with van der Waals surface area (Å²) >= 11 is 0. The largest absolute Gasteiger partial charge is 0.366 e. The van der Waals surface area contributed by atoms with E-state index in [0.29, 0.717) is 0 Å². The van der Waals surface area contributed by atoms with Gasteiger partial charge < -0.3 is 5.32 Å². The van der Waals surface area contributed by atoms with Gasteiger partial charge in [-0.25, -0.2) is 4.98 Å². The molecule has 0 spiro atoms. The fourth-order valence-corrected chi connectivity index (χ4v) is 2.87. The van der Waals surface area contributed by atoms with Crippen LogP contribution in [0.25, 0.3) is 5.65 Å². The fraction of sp³-hybridized carbons (Fsp3) is 0.471. The third-order valence-electron chi connectivity index (χ3n) is 4.13. The Hall–Kier alpha value is -2.37. The normalized spacial score (nSPS) is 12.8. The average molecular weight is 312 g/mol. The zero-order chi connectivity index (χ0) is 16.7. The van der Waals surface area contributed by atoms with E-state index < -0.39 is 0 Å². The monoisotopic (exact) mass is 312 g/mol. The highest BCUT2D eigenvalue weighted by molar-refractivity contribution is 5.56. The second-order valence-electron chi connectivity index (χ2n) is 6.38. The molecule has 3 heterocycles. The van der Waals surface area contributed by atoms with Crippen molar-refractivity contribution in [1.29, 1.82) is 0 Å². The highest BCUT2D eigenvalue weighted by atomic mass is 15.3. The number of anilines is 1. The summed E-state index contributed by atoms with van der Waals surface area (Å²) in [6.45, 7) is 13.2. The molecular weight excluding hydrogens is 288 g/mol. The van der Waals surface area contributed by atoms with E-state index in [1.807, 2.05) is 36.0 Å². The summed E-state index contributed by atoms with van der Waals surface area (Å²) in [5.74, 6) is 0.970. The van der Waals surface area contributed by atoms with Gasteiger partial charge in [-0.3, -0.25) is 4.68 Å². The van der Waals surface area contributed by atoms with E-state index in [4.69, 9.17) is 0 Å². The molecule has 6 heteroatoms. The van der Waals surface area contributed by atoms with Crippen molar-refractivity contribution in [1.82, 2.24) is 24.4 Å². The molecule has 0 saturated carbocycles. The molecule has 1 N–H and O–H groups in total. The van der Waals surface area contributed by atoms with E-state index >= 15 is 0 Å². The van der Waals surface area contributed by atoms with Crippen LogP contribution in [0.2, 0.25) is 0 Å². The molecule has 0 fully saturated rings. The Labute approximate surface area is 136 Å². The minimum absolute atomic E-state index is 0.225. The molecule has 0 amide bonds. The molecule has 0 aromatic carbocycles. The van der Waals surface area contributed by atoms with Gasteiger partial charge in [-0.15, -0.1) is 0 Å². The van der Waals surface area contributed by atoms with Crippen molar-refractivity contribution in [2.24, 2.45) is 0 Å². The quantitative estimate of drug-likeness (QED) is 0.804. The Morgan fingerprint density at radius 1 is 1.04 bits per heavy atom. The van der Waals surface area contributed by atoms with Gasteiger partial charge in [0.15, 0.2) is 5.65 Å². The third-order valence-corrected chi connectivity index (χ3v) is 4.13. The van der Waals surface area contributed by atoms with Crippen molar-refractivity contribution in [3.8, 4) is 0 Å². The second kappa shape index (κ2) is 5.68. The van der Waals surface area contributed by atoms with Gasteiger partial charge in [-0.05, 0) is 47.6 Å². The lowest BCUT2D eigenvalue weighted by atomic mass is 10.3. The predicted molar refractivity (Wildman–Crippen MR) is 92.0 cm³/mol. The van der Waals surface area contributed by atoms with Crippen LogP contribution in [-0.2, 0) is 6.54 Å². The molecular formula is C17H24N6. The van der Waals surface area contributed by atoms with Crippen LogP contribution in [0, 0.1) is 34.6 Å². The van der Waals surface area contributed by atoms with E-state index in [0.717, 1.165) is 40.7 Å². The van der Waals surface area contributed by atoms with E-state index in [2.05, 4.69) is 47.3 Å². The van der Waals surface area contributed by atoms with Gasteiger partial charge in [0.05, 0.1) is 17.9 Å². The fourth-order valence-electron chi connectivity index (χ4n) is 2.87. The van der Waals surface area contributed by atoms with Crippen LogP contribution < -0.4 is 5.32 Å². The predicted octanol–water partition coefficient (Wildman–Crippen LogP) is 2.97. The molecule has 122 valence electrons. The van der Waals surface area contributed by atoms with E-state index in [1.165, 1.54) is 5.69 Å². The zero-order valence-corrected chi connectivity index (χ0v) is 14.7. The van der Waals surface area contributed by atoms with Gasteiger partial charge in [0.1, 0.15) is 5.82 Å². The Bertz CT molecular complexity index is 858. The first-order valence-corrected chi connectivity index (χ1v) is 7.96. The minimum Gasteiger partial charge on any atom is -0.366 e. The van der Waals surface area contributed by atoms with E-state index in [9.17, 15) is 0 Å². The third kappa shape index (κ3) is 2.93. The molecule has 23 heavy (non-hydrogen) atoms. The molecule has 0 bridgehead atoms. The Morgan fingerprint density at radius 3 is 2.43 bits per heavy atom. The number of hydrogen-bond acceptors (Lipinski definition) is 4. The summed E-state index contributed by atoms with van der Waals surface area (Å²) in [4.78, 5) is 4.61. The molecule has 6 nitrogen and oxygen atoms in total. The molecule has 3 aromatic rings. The number of fused-ring (bicyclic) bond motifs is 1. The van der Waals surface area contributed by atoms with Crippen LogP contribution in [0.3, 0.4) is 0 Å². The maximum Gasteiger partial charge on any atom is 0.160 e. The number of hydrogen-bond donors (Lipinski definition) is 1. The lowest BCUT2D eigenvalue weighted by molar-refractivity contribution is 0.543.